The second kappa shape index (κ2) is 9.71. The summed E-state index contributed by atoms with van der Waals surface area (Å²) in [5.41, 5.74) is 2.37. The van der Waals surface area contributed by atoms with Crippen LogP contribution >= 0.6 is 0 Å². The highest BCUT2D eigenvalue weighted by atomic mass is 16.3. The van der Waals surface area contributed by atoms with Crippen LogP contribution in [0.25, 0.3) is 0 Å². The van der Waals surface area contributed by atoms with E-state index in [4.69, 9.17) is 4.42 Å². The molecule has 3 rings (SSSR count). The van der Waals surface area contributed by atoms with Crippen LogP contribution < -0.4 is 10.6 Å². The van der Waals surface area contributed by atoms with Crippen LogP contribution in [0.1, 0.15) is 26.5 Å². The van der Waals surface area contributed by atoms with Crippen LogP contribution in [0.3, 0.4) is 0 Å². The molecule has 150 valence electrons. The molecule has 1 heterocycles. The van der Waals surface area contributed by atoms with E-state index < -0.39 is 0 Å². The summed E-state index contributed by atoms with van der Waals surface area (Å²) in [4.78, 5) is 26.6. The number of nitrogens with zero attached hydrogens (tertiary/aromatic N) is 1. The minimum absolute atomic E-state index is 0.145. The molecule has 2 amide bonds. The molecule has 0 spiro atoms. The normalized spacial score (nSPS) is 11.8. The van der Waals surface area contributed by atoms with Crippen molar-refractivity contribution in [3.8, 4) is 0 Å². The highest BCUT2D eigenvalue weighted by molar-refractivity contribution is 6.02. The number of furan rings is 1. The number of hydrogen-bond donors (Lipinski definition) is 2. The number of rotatable bonds is 8. The summed E-state index contributed by atoms with van der Waals surface area (Å²) in [7, 11) is 4.02. The number of nitrogens with one attached hydrogen (secondary N) is 2. The lowest BCUT2D eigenvalue weighted by atomic mass is 10.0. The number of carbonyl (C=O) groups is 2. The molecule has 3 aromatic rings. The van der Waals surface area contributed by atoms with Gasteiger partial charge >= 0.3 is 0 Å². The summed E-state index contributed by atoms with van der Waals surface area (Å²) in [5, 5.41) is 5.73. The summed E-state index contributed by atoms with van der Waals surface area (Å²) >= 11 is 0. The fraction of sp³-hybridized carbons (Fsp3) is 0.217. The Hall–Kier alpha value is -3.38. The molecule has 0 saturated heterocycles. The second-order valence-electron chi connectivity index (χ2n) is 7.03. The van der Waals surface area contributed by atoms with E-state index in [9.17, 15) is 9.59 Å². The number of anilines is 1. The van der Waals surface area contributed by atoms with Crippen LogP contribution in [0.5, 0.6) is 0 Å². The van der Waals surface area contributed by atoms with Gasteiger partial charge in [-0.3, -0.25) is 9.59 Å². The van der Waals surface area contributed by atoms with E-state index in [1.165, 1.54) is 11.8 Å². The summed E-state index contributed by atoms with van der Waals surface area (Å²) in [6, 6.07) is 20.4. The van der Waals surface area contributed by atoms with Crippen molar-refractivity contribution in [2.75, 3.05) is 26.0 Å². The van der Waals surface area contributed by atoms with Gasteiger partial charge < -0.3 is 20.0 Å². The predicted octanol–water partition coefficient (Wildman–Crippen LogP) is 3.43. The Kier molecular flexibility index (Phi) is 6.81. The molecule has 6 nitrogen and oxygen atoms in total. The van der Waals surface area contributed by atoms with Gasteiger partial charge in [-0.1, -0.05) is 30.3 Å². The first-order valence-electron chi connectivity index (χ1n) is 9.46. The van der Waals surface area contributed by atoms with Gasteiger partial charge in [0, 0.05) is 23.8 Å². The van der Waals surface area contributed by atoms with Crippen molar-refractivity contribution < 1.29 is 14.0 Å². The van der Waals surface area contributed by atoms with E-state index in [0.717, 1.165) is 6.42 Å². The Bertz CT molecular complexity index is 920. The minimum Gasteiger partial charge on any atom is -0.459 e. The maximum atomic E-state index is 12.5. The minimum atomic E-state index is -0.332. The smallest absolute Gasteiger partial charge is 0.291 e. The molecule has 0 saturated carbocycles. The first-order chi connectivity index (χ1) is 14.0. The molecule has 0 aliphatic heterocycles. The zero-order valence-electron chi connectivity index (χ0n) is 16.6. The zero-order valence-corrected chi connectivity index (χ0v) is 16.6. The van der Waals surface area contributed by atoms with E-state index in [0.29, 0.717) is 17.8 Å². The van der Waals surface area contributed by atoms with Gasteiger partial charge in [-0.25, -0.2) is 0 Å². The summed E-state index contributed by atoms with van der Waals surface area (Å²) < 4.78 is 5.07. The molecule has 29 heavy (non-hydrogen) atoms. The molecular formula is C23H25N3O3. The Morgan fingerprint density at radius 1 is 0.931 bits per heavy atom. The van der Waals surface area contributed by atoms with Gasteiger partial charge in [0.05, 0.1) is 6.26 Å². The zero-order chi connectivity index (χ0) is 20.6. The topological polar surface area (TPSA) is 74.6 Å². The molecular weight excluding hydrogens is 366 g/mol. The average Bonchev–Trinajstić information content (AvgIpc) is 3.27. The lowest BCUT2D eigenvalue weighted by Gasteiger charge is -2.24. The highest BCUT2D eigenvalue weighted by Gasteiger charge is 2.15. The molecule has 1 aromatic heterocycles. The van der Waals surface area contributed by atoms with Gasteiger partial charge in [0.25, 0.3) is 11.8 Å². The number of likely N-dealkylation sites (N-methyl/N-ethyl adjacent to an activating group) is 1. The van der Waals surface area contributed by atoms with E-state index >= 15 is 0 Å². The molecule has 0 fully saturated rings. The quantitative estimate of drug-likeness (QED) is 0.617. The van der Waals surface area contributed by atoms with Crippen molar-refractivity contribution in [3.63, 3.8) is 0 Å². The molecule has 0 aliphatic rings. The van der Waals surface area contributed by atoms with Crippen LogP contribution in [-0.4, -0.2) is 43.4 Å². The fourth-order valence-electron chi connectivity index (χ4n) is 2.94. The maximum Gasteiger partial charge on any atom is 0.291 e. The monoisotopic (exact) mass is 391 g/mol. The first kappa shape index (κ1) is 20.4. The second-order valence-corrected chi connectivity index (χ2v) is 7.03. The van der Waals surface area contributed by atoms with E-state index in [1.54, 1.807) is 36.4 Å². The van der Waals surface area contributed by atoms with Crippen LogP contribution in [0.4, 0.5) is 5.69 Å². The van der Waals surface area contributed by atoms with Gasteiger partial charge in [-0.15, -0.1) is 0 Å². The average molecular weight is 391 g/mol. The molecule has 0 aliphatic carbocycles. The number of hydrogen-bond acceptors (Lipinski definition) is 4. The van der Waals surface area contributed by atoms with Gasteiger partial charge in [0.15, 0.2) is 5.76 Å². The van der Waals surface area contributed by atoms with E-state index in [1.807, 2.05) is 32.3 Å². The van der Waals surface area contributed by atoms with Crippen LogP contribution in [0.15, 0.2) is 77.4 Å². The molecule has 2 N–H and O–H groups in total. The third-order valence-electron chi connectivity index (χ3n) is 4.69. The van der Waals surface area contributed by atoms with Crippen molar-refractivity contribution in [1.82, 2.24) is 10.2 Å². The largest absolute Gasteiger partial charge is 0.459 e. The standard InChI is InChI=1S/C23H25N3O3/c1-26(2)20(15-17-7-4-3-5-8-17)16-24-22(27)18-10-12-19(13-11-18)25-23(28)21-9-6-14-29-21/h3-14,20H,15-16H2,1-2H3,(H,24,27)(H,25,28)/t20-/m1/s1. The van der Waals surface area contributed by atoms with Crippen molar-refractivity contribution in [3.05, 3.63) is 89.9 Å². The SMILES string of the molecule is CN(C)[C@@H](CNC(=O)c1ccc(NC(=O)c2ccco2)cc1)Cc1ccccc1. The van der Waals surface area contributed by atoms with E-state index in [2.05, 4.69) is 27.7 Å². The molecule has 6 heteroatoms. The van der Waals surface area contributed by atoms with Gasteiger partial charge in [-0.2, -0.15) is 0 Å². The Labute approximate surface area is 170 Å². The third kappa shape index (κ3) is 5.80. The van der Waals surface area contributed by atoms with Crippen molar-refractivity contribution in [2.45, 2.75) is 12.5 Å². The number of carbonyl (C=O) groups excluding carboxylic acids is 2. The van der Waals surface area contributed by atoms with E-state index in [-0.39, 0.29) is 23.6 Å². The van der Waals surface area contributed by atoms with Crippen molar-refractivity contribution in [1.29, 1.82) is 0 Å². The molecule has 0 bridgehead atoms. The summed E-state index contributed by atoms with van der Waals surface area (Å²) in [6.45, 7) is 0.539. The molecule has 2 aromatic carbocycles. The molecule has 1 atom stereocenters. The lowest BCUT2D eigenvalue weighted by molar-refractivity contribution is 0.0941. The van der Waals surface area contributed by atoms with Crippen LogP contribution in [-0.2, 0) is 6.42 Å². The third-order valence-corrected chi connectivity index (χ3v) is 4.69. The van der Waals surface area contributed by atoms with Crippen molar-refractivity contribution in [2.24, 2.45) is 0 Å². The molecule has 0 radical (unpaired) electrons. The molecule has 0 unspecified atom stereocenters. The highest BCUT2D eigenvalue weighted by Crippen LogP contribution is 2.12. The maximum absolute atomic E-state index is 12.5. The Morgan fingerprint density at radius 3 is 2.28 bits per heavy atom. The first-order valence-corrected chi connectivity index (χ1v) is 9.46. The Morgan fingerprint density at radius 2 is 1.66 bits per heavy atom. The van der Waals surface area contributed by atoms with Gasteiger partial charge in [0.2, 0.25) is 0 Å². The van der Waals surface area contributed by atoms with Crippen molar-refractivity contribution >= 4 is 17.5 Å². The summed E-state index contributed by atoms with van der Waals surface area (Å²) in [6.07, 6.45) is 2.30. The predicted molar refractivity (Wildman–Crippen MR) is 113 cm³/mol. The Balaban J connectivity index is 1.55. The van der Waals surface area contributed by atoms with Crippen LogP contribution in [0.2, 0.25) is 0 Å². The summed E-state index contributed by atoms with van der Waals surface area (Å²) in [5.74, 6) is -0.240. The fourth-order valence-corrected chi connectivity index (χ4v) is 2.94. The number of benzene rings is 2. The lowest BCUT2D eigenvalue weighted by Crippen LogP contribution is -2.41. The number of amides is 2. The van der Waals surface area contributed by atoms with Gasteiger partial charge in [-0.05, 0) is 62.5 Å². The van der Waals surface area contributed by atoms with Crippen LogP contribution in [0, 0.1) is 0 Å². The van der Waals surface area contributed by atoms with Gasteiger partial charge in [0.1, 0.15) is 0 Å².